The van der Waals surface area contributed by atoms with Crippen LogP contribution in [0.15, 0.2) is 18.2 Å². The molecule has 1 aromatic rings. The molecule has 0 unspecified atom stereocenters. The Morgan fingerprint density at radius 2 is 1.89 bits per heavy atom. The van der Waals surface area contributed by atoms with E-state index in [0.29, 0.717) is 13.1 Å². The quantitative estimate of drug-likeness (QED) is 0.864. The van der Waals surface area contributed by atoms with E-state index in [1.165, 1.54) is 12.1 Å². The Morgan fingerprint density at radius 1 is 1.21 bits per heavy atom. The van der Waals surface area contributed by atoms with E-state index in [2.05, 4.69) is 5.32 Å². The van der Waals surface area contributed by atoms with E-state index in [4.69, 9.17) is 5.11 Å². The maximum atomic E-state index is 13.6. The molecule has 0 aromatic heterocycles. The summed E-state index contributed by atoms with van der Waals surface area (Å²) in [5.74, 6) is -1.95. The molecular weight excluding hydrogens is 251 g/mol. The Labute approximate surface area is 110 Å². The number of nitrogens with one attached hydrogen (secondary N) is 1. The summed E-state index contributed by atoms with van der Waals surface area (Å²) >= 11 is 0. The highest BCUT2D eigenvalue weighted by Crippen LogP contribution is 2.17. The average Bonchev–Trinajstić information content (AvgIpc) is 2.41. The number of hydrogen-bond acceptors (Lipinski definition) is 2. The van der Waals surface area contributed by atoms with Gasteiger partial charge in [-0.25, -0.2) is 14.0 Å². The van der Waals surface area contributed by atoms with Crippen LogP contribution in [-0.2, 0) is 0 Å². The van der Waals surface area contributed by atoms with Gasteiger partial charge in [-0.3, -0.25) is 0 Å². The molecule has 0 bridgehead atoms. The van der Waals surface area contributed by atoms with Crippen LogP contribution < -0.4 is 5.32 Å². The van der Waals surface area contributed by atoms with Crippen LogP contribution >= 0.6 is 0 Å². The summed E-state index contributed by atoms with van der Waals surface area (Å²) in [5, 5.41) is 11.2. The lowest BCUT2D eigenvalue weighted by Gasteiger charge is -2.26. The Morgan fingerprint density at radius 3 is 2.47 bits per heavy atom. The van der Waals surface area contributed by atoms with Crippen molar-refractivity contribution in [2.24, 2.45) is 0 Å². The number of likely N-dealkylation sites (tertiary alicyclic amines) is 1. The number of anilines is 1. The standard InChI is InChI=1S/C13H15FN2O3/c14-10-8-9(12(17)18)4-5-11(10)15-13(19)16-6-2-1-3-7-16/h4-5,8H,1-3,6-7H2,(H,15,19)(H,17,18). The molecule has 0 radical (unpaired) electrons. The van der Waals surface area contributed by atoms with Crippen molar-refractivity contribution < 1.29 is 19.1 Å². The van der Waals surface area contributed by atoms with Gasteiger partial charge in [0.05, 0.1) is 11.3 Å². The van der Waals surface area contributed by atoms with Gasteiger partial charge in [0.15, 0.2) is 0 Å². The van der Waals surface area contributed by atoms with Gasteiger partial charge >= 0.3 is 12.0 Å². The largest absolute Gasteiger partial charge is 0.478 e. The predicted octanol–water partition coefficient (Wildman–Crippen LogP) is 2.54. The van der Waals surface area contributed by atoms with Crippen LogP contribution in [0.3, 0.4) is 0 Å². The van der Waals surface area contributed by atoms with Crippen molar-refractivity contribution in [3.8, 4) is 0 Å². The summed E-state index contributed by atoms with van der Waals surface area (Å²) in [5.41, 5.74) is -0.144. The highest BCUT2D eigenvalue weighted by atomic mass is 19.1. The fraction of sp³-hybridized carbons (Fsp3) is 0.385. The van der Waals surface area contributed by atoms with Crippen molar-refractivity contribution >= 4 is 17.7 Å². The zero-order valence-corrected chi connectivity index (χ0v) is 10.4. The zero-order chi connectivity index (χ0) is 13.8. The molecule has 0 aliphatic carbocycles. The first-order chi connectivity index (χ1) is 9.08. The number of benzene rings is 1. The number of carboxylic acid groups (broad SMARTS) is 1. The lowest BCUT2D eigenvalue weighted by Crippen LogP contribution is -2.38. The third-order valence-electron chi connectivity index (χ3n) is 3.10. The molecule has 0 spiro atoms. The molecule has 0 saturated carbocycles. The van der Waals surface area contributed by atoms with Crippen LogP contribution in [-0.4, -0.2) is 35.1 Å². The van der Waals surface area contributed by atoms with Crippen LogP contribution in [0, 0.1) is 5.82 Å². The molecule has 1 fully saturated rings. The van der Waals surface area contributed by atoms with Crippen LogP contribution in [0.5, 0.6) is 0 Å². The third-order valence-corrected chi connectivity index (χ3v) is 3.10. The van der Waals surface area contributed by atoms with E-state index in [9.17, 15) is 14.0 Å². The summed E-state index contributed by atoms with van der Waals surface area (Å²) in [4.78, 5) is 24.2. The number of carboxylic acids is 1. The minimum Gasteiger partial charge on any atom is -0.478 e. The van der Waals surface area contributed by atoms with Crippen LogP contribution in [0.1, 0.15) is 29.6 Å². The zero-order valence-electron chi connectivity index (χ0n) is 10.4. The molecule has 1 aromatic carbocycles. The number of aromatic carboxylic acids is 1. The van der Waals surface area contributed by atoms with E-state index in [0.717, 1.165) is 25.3 Å². The molecule has 19 heavy (non-hydrogen) atoms. The lowest BCUT2D eigenvalue weighted by molar-refractivity contribution is 0.0696. The van der Waals surface area contributed by atoms with E-state index in [1.54, 1.807) is 4.90 Å². The molecule has 1 aliphatic rings. The summed E-state index contributed by atoms with van der Waals surface area (Å²) in [7, 11) is 0. The molecule has 2 amide bonds. The molecule has 1 heterocycles. The number of halogens is 1. The van der Waals surface area contributed by atoms with E-state index >= 15 is 0 Å². The fourth-order valence-corrected chi connectivity index (χ4v) is 2.04. The van der Waals surface area contributed by atoms with E-state index in [1.807, 2.05) is 0 Å². The van der Waals surface area contributed by atoms with Gasteiger partial charge in [0.1, 0.15) is 5.82 Å². The van der Waals surface area contributed by atoms with Gasteiger partial charge in [-0.15, -0.1) is 0 Å². The summed E-state index contributed by atoms with van der Waals surface area (Å²) in [6, 6.07) is 3.08. The fourth-order valence-electron chi connectivity index (χ4n) is 2.04. The number of rotatable bonds is 2. The number of nitrogens with zero attached hydrogens (tertiary/aromatic N) is 1. The molecule has 2 rings (SSSR count). The molecule has 2 N–H and O–H groups in total. The predicted molar refractivity (Wildman–Crippen MR) is 67.8 cm³/mol. The Hall–Kier alpha value is -2.11. The van der Waals surface area contributed by atoms with Gasteiger partial charge in [-0.05, 0) is 37.5 Å². The van der Waals surface area contributed by atoms with Crippen LogP contribution in [0.25, 0.3) is 0 Å². The normalized spacial score (nSPS) is 15.1. The number of urea groups is 1. The molecule has 1 saturated heterocycles. The smallest absolute Gasteiger partial charge is 0.335 e. The van der Waals surface area contributed by atoms with Gasteiger partial charge in [-0.2, -0.15) is 0 Å². The molecular formula is C13H15FN2O3. The second kappa shape index (κ2) is 5.69. The number of carbonyl (C=O) groups is 2. The van der Waals surface area contributed by atoms with Crippen molar-refractivity contribution in [2.45, 2.75) is 19.3 Å². The first-order valence-corrected chi connectivity index (χ1v) is 6.16. The number of piperidine rings is 1. The highest BCUT2D eigenvalue weighted by molar-refractivity contribution is 5.91. The molecule has 102 valence electrons. The van der Waals surface area contributed by atoms with Crippen molar-refractivity contribution in [3.05, 3.63) is 29.6 Å². The Balaban J connectivity index is 2.06. The summed E-state index contributed by atoms with van der Waals surface area (Å²) in [6.07, 6.45) is 3.01. The molecule has 6 heteroatoms. The Kier molecular flexibility index (Phi) is 3.99. The maximum Gasteiger partial charge on any atom is 0.335 e. The minimum absolute atomic E-state index is 0.000531. The highest BCUT2D eigenvalue weighted by Gasteiger charge is 2.18. The summed E-state index contributed by atoms with van der Waals surface area (Å²) in [6.45, 7) is 1.33. The van der Waals surface area contributed by atoms with Gasteiger partial charge in [0.25, 0.3) is 0 Å². The van der Waals surface area contributed by atoms with Gasteiger partial charge < -0.3 is 15.3 Å². The SMILES string of the molecule is O=C(O)c1ccc(NC(=O)N2CCCCC2)c(F)c1. The second-order valence-electron chi connectivity index (χ2n) is 4.48. The molecule has 5 nitrogen and oxygen atoms in total. The van der Waals surface area contributed by atoms with Crippen molar-refractivity contribution in [1.82, 2.24) is 4.90 Å². The molecule has 1 aliphatic heterocycles. The van der Waals surface area contributed by atoms with Crippen LogP contribution in [0.2, 0.25) is 0 Å². The average molecular weight is 266 g/mol. The van der Waals surface area contributed by atoms with Crippen molar-refractivity contribution in [1.29, 1.82) is 0 Å². The van der Waals surface area contributed by atoms with Crippen molar-refractivity contribution in [2.75, 3.05) is 18.4 Å². The number of amides is 2. The lowest BCUT2D eigenvalue weighted by atomic mass is 10.1. The van der Waals surface area contributed by atoms with Crippen molar-refractivity contribution in [3.63, 3.8) is 0 Å². The van der Waals surface area contributed by atoms with Gasteiger partial charge in [0.2, 0.25) is 0 Å². The molecule has 0 atom stereocenters. The summed E-state index contributed by atoms with van der Waals surface area (Å²) < 4.78 is 13.6. The van der Waals surface area contributed by atoms with E-state index in [-0.39, 0.29) is 17.3 Å². The maximum absolute atomic E-state index is 13.6. The number of carbonyl (C=O) groups excluding carboxylic acids is 1. The topological polar surface area (TPSA) is 69.6 Å². The van der Waals surface area contributed by atoms with E-state index < -0.39 is 11.8 Å². The van der Waals surface area contributed by atoms with Gasteiger partial charge in [0, 0.05) is 13.1 Å². The second-order valence-corrected chi connectivity index (χ2v) is 4.48. The first-order valence-electron chi connectivity index (χ1n) is 6.16. The van der Waals surface area contributed by atoms with Crippen LogP contribution in [0.4, 0.5) is 14.9 Å². The van der Waals surface area contributed by atoms with Gasteiger partial charge in [-0.1, -0.05) is 0 Å². The number of hydrogen-bond donors (Lipinski definition) is 2. The minimum atomic E-state index is -1.20. The first kappa shape index (κ1) is 13.3. The third kappa shape index (κ3) is 3.21. The Bertz CT molecular complexity index is 499. The monoisotopic (exact) mass is 266 g/mol.